The Hall–Kier alpha value is -2.98. The van der Waals surface area contributed by atoms with Gasteiger partial charge >= 0.3 is 6.18 Å². The third kappa shape index (κ3) is 2.47. The number of nitrogens with one attached hydrogen (secondary N) is 2. The zero-order valence-corrected chi connectivity index (χ0v) is 10.4. The van der Waals surface area contributed by atoms with Gasteiger partial charge in [-0.05, 0) is 28.5 Å². The summed E-state index contributed by atoms with van der Waals surface area (Å²) in [5.41, 5.74) is -2.22. The van der Waals surface area contributed by atoms with E-state index in [2.05, 4.69) is 30.2 Å². The fourth-order valence-corrected chi connectivity index (χ4v) is 1.70. The van der Waals surface area contributed by atoms with Gasteiger partial charge in [0.2, 0.25) is 11.3 Å². The number of anilines is 2. The number of nitrogens with zero attached hydrogens (tertiary/aromatic N) is 3. The normalized spacial score (nSPS) is 11.8. The predicted octanol–water partition coefficient (Wildman–Crippen LogP) is 2.21. The van der Waals surface area contributed by atoms with Gasteiger partial charge in [0.15, 0.2) is 5.82 Å². The molecule has 7 nitrogen and oxygen atoms in total. The van der Waals surface area contributed by atoms with Gasteiger partial charge in [-0.1, -0.05) is 0 Å². The summed E-state index contributed by atoms with van der Waals surface area (Å²) in [6, 6.07) is 2.13. The molecule has 0 unspecified atom stereocenters. The van der Waals surface area contributed by atoms with Crippen LogP contribution in [0.1, 0.15) is 5.56 Å². The number of rotatable bonds is 2. The molecular weight excluding hydrogens is 310 g/mol. The van der Waals surface area contributed by atoms with Gasteiger partial charge in [-0.2, -0.15) is 18.2 Å². The Labute approximate surface area is 117 Å². The number of H-pyrrole nitrogens is 1. The van der Waals surface area contributed by atoms with Crippen LogP contribution in [0.5, 0.6) is 0 Å². The zero-order valence-electron chi connectivity index (χ0n) is 10.4. The Morgan fingerprint density at radius 2 is 2.00 bits per heavy atom. The number of benzene rings is 1. The second-order valence-corrected chi connectivity index (χ2v) is 4.17. The van der Waals surface area contributed by atoms with Crippen molar-refractivity contribution >= 4 is 22.8 Å². The van der Waals surface area contributed by atoms with Gasteiger partial charge in [-0.15, -0.1) is 0 Å². The number of alkyl halides is 3. The average Bonchev–Trinajstić information content (AvgIpc) is 2.84. The van der Waals surface area contributed by atoms with E-state index in [4.69, 9.17) is 0 Å². The molecular formula is C11H5F4N5O2. The molecule has 0 saturated carbocycles. The van der Waals surface area contributed by atoms with Crippen molar-refractivity contribution in [3.8, 4) is 0 Å². The van der Waals surface area contributed by atoms with Crippen molar-refractivity contribution in [1.29, 1.82) is 0 Å². The number of halogens is 4. The van der Waals surface area contributed by atoms with Crippen LogP contribution >= 0.6 is 0 Å². The van der Waals surface area contributed by atoms with Gasteiger partial charge in [0.25, 0.3) is 5.56 Å². The highest BCUT2D eigenvalue weighted by Gasteiger charge is 2.33. The number of aromatic amines is 1. The van der Waals surface area contributed by atoms with E-state index in [-0.39, 0.29) is 22.8 Å². The highest BCUT2D eigenvalue weighted by molar-refractivity contribution is 5.67. The first-order chi connectivity index (χ1) is 10.3. The number of aromatic nitrogens is 4. The summed E-state index contributed by atoms with van der Waals surface area (Å²) in [6.45, 7) is 0. The van der Waals surface area contributed by atoms with E-state index in [1.54, 1.807) is 0 Å². The van der Waals surface area contributed by atoms with E-state index < -0.39 is 23.1 Å². The molecule has 11 heteroatoms. The summed E-state index contributed by atoms with van der Waals surface area (Å²) in [7, 11) is 0. The Balaban J connectivity index is 1.96. The third-order valence-electron chi connectivity index (χ3n) is 2.67. The minimum atomic E-state index is -4.80. The molecule has 0 radical (unpaired) electrons. The van der Waals surface area contributed by atoms with Crippen molar-refractivity contribution in [2.75, 3.05) is 5.32 Å². The molecule has 0 aliphatic carbocycles. The van der Waals surface area contributed by atoms with Crippen molar-refractivity contribution in [3.05, 3.63) is 39.9 Å². The molecule has 0 fully saturated rings. The van der Waals surface area contributed by atoms with Gasteiger partial charge < -0.3 is 5.32 Å². The lowest BCUT2D eigenvalue weighted by Crippen LogP contribution is -2.14. The molecule has 2 heterocycles. The Kier molecular flexibility index (Phi) is 3.04. The van der Waals surface area contributed by atoms with Gasteiger partial charge in [0.1, 0.15) is 5.82 Å². The van der Waals surface area contributed by atoms with Crippen LogP contribution in [0, 0.1) is 5.82 Å². The minimum absolute atomic E-state index is 0.00847. The van der Waals surface area contributed by atoms with Gasteiger partial charge in [-0.25, -0.2) is 9.02 Å². The molecule has 22 heavy (non-hydrogen) atoms. The summed E-state index contributed by atoms with van der Waals surface area (Å²) in [5, 5.41) is 9.16. The van der Waals surface area contributed by atoms with Crippen LogP contribution in [-0.2, 0) is 6.18 Å². The largest absolute Gasteiger partial charge is 0.419 e. The van der Waals surface area contributed by atoms with Crippen LogP contribution < -0.4 is 10.9 Å². The summed E-state index contributed by atoms with van der Waals surface area (Å²) < 4.78 is 55.2. The molecule has 0 saturated heterocycles. The maximum Gasteiger partial charge on any atom is 0.419 e. The second kappa shape index (κ2) is 4.79. The van der Waals surface area contributed by atoms with Gasteiger partial charge in [0, 0.05) is 5.69 Å². The Bertz CT molecular complexity index is 901. The third-order valence-corrected chi connectivity index (χ3v) is 2.67. The first kappa shape index (κ1) is 14.0. The van der Waals surface area contributed by atoms with Crippen molar-refractivity contribution in [1.82, 2.24) is 20.3 Å². The standard InChI is InChI=1S/C11H5F4N5O2/c12-6-3-4(1-2-5(6)11(13,14)15)16-9-10(21)18-8-7(17-9)19-22-20-8/h1-3H,(H,16,17,19)(H,18,20,21). The van der Waals surface area contributed by atoms with Crippen molar-refractivity contribution in [2.24, 2.45) is 0 Å². The molecule has 0 aliphatic rings. The predicted molar refractivity (Wildman–Crippen MR) is 64.9 cm³/mol. The first-order valence-corrected chi connectivity index (χ1v) is 5.71. The molecule has 114 valence electrons. The van der Waals surface area contributed by atoms with Crippen molar-refractivity contribution in [2.45, 2.75) is 6.18 Å². The van der Waals surface area contributed by atoms with Crippen LogP contribution in [0.2, 0.25) is 0 Å². The fraction of sp³-hybridized carbons (Fsp3) is 0.0909. The number of hydrogen-bond donors (Lipinski definition) is 2. The molecule has 1 aromatic carbocycles. The van der Waals surface area contributed by atoms with E-state index in [0.717, 1.165) is 6.07 Å². The van der Waals surface area contributed by atoms with Gasteiger partial charge in [0.05, 0.1) is 5.56 Å². The summed E-state index contributed by atoms with van der Waals surface area (Å²) in [4.78, 5) is 17.7. The quantitative estimate of drug-likeness (QED) is 0.704. The molecule has 3 aromatic rings. The maximum absolute atomic E-state index is 13.4. The molecule has 0 aliphatic heterocycles. The Morgan fingerprint density at radius 1 is 1.23 bits per heavy atom. The zero-order chi connectivity index (χ0) is 15.9. The van der Waals surface area contributed by atoms with Crippen LogP contribution in [-0.4, -0.2) is 20.3 Å². The van der Waals surface area contributed by atoms with E-state index in [0.29, 0.717) is 12.1 Å². The molecule has 0 atom stereocenters. The SMILES string of the molecule is O=c1[nH]c2nonc2nc1Nc1ccc(C(F)(F)F)c(F)c1. The number of fused-ring (bicyclic) bond motifs is 1. The van der Waals surface area contributed by atoms with Crippen LogP contribution in [0.4, 0.5) is 29.1 Å². The lowest BCUT2D eigenvalue weighted by atomic mass is 10.2. The molecule has 0 amide bonds. The Morgan fingerprint density at radius 3 is 2.68 bits per heavy atom. The lowest BCUT2D eigenvalue weighted by Gasteiger charge is -2.10. The molecule has 3 rings (SSSR count). The average molecular weight is 315 g/mol. The first-order valence-electron chi connectivity index (χ1n) is 5.71. The van der Waals surface area contributed by atoms with Crippen LogP contribution in [0.15, 0.2) is 27.6 Å². The number of hydrogen-bond acceptors (Lipinski definition) is 6. The van der Waals surface area contributed by atoms with E-state index in [9.17, 15) is 22.4 Å². The maximum atomic E-state index is 13.4. The van der Waals surface area contributed by atoms with E-state index in [1.807, 2.05) is 0 Å². The smallest absolute Gasteiger partial charge is 0.335 e. The van der Waals surface area contributed by atoms with Crippen molar-refractivity contribution in [3.63, 3.8) is 0 Å². The molecule has 0 spiro atoms. The summed E-state index contributed by atoms with van der Waals surface area (Å²) in [5.74, 6) is -1.76. The second-order valence-electron chi connectivity index (χ2n) is 4.17. The molecule has 0 bridgehead atoms. The van der Waals surface area contributed by atoms with Crippen LogP contribution in [0.25, 0.3) is 11.3 Å². The van der Waals surface area contributed by atoms with Crippen LogP contribution in [0.3, 0.4) is 0 Å². The molecule has 2 N–H and O–H groups in total. The summed E-state index contributed by atoms with van der Waals surface area (Å²) >= 11 is 0. The highest BCUT2D eigenvalue weighted by Crippen LogP contribution is 2.32. The van der Waals surface area contributed by atoms with Gasteiger partial charge in [-0.3, -0.25) is 9.78 Å². The van der Waals surface area contributed by atoms with E-state index >= 15 is 0 Å². The monoisotopic (exact) mass is 315 g/mol. The fourth-order valence-electron chi connectivity index (χ4n) is 1.70. The van der Waals surface area contributed by atoms with E-state index in [1.165, 1.54) is 0 Å². The van der Waals surface area contributed by atoms with Crippen molar-refractivity contribution < 1.29 is 22.2 Å². The molecule has 2 aromatic heterocycles. The topological polar surface area (TPSA) is 96.7 Å². The highest BCUT2D eigenvalue weighted by atomic mass is 19.4. The minimum Gasteiger partial charge on any atom is -0.335 e. The summed E-state index contributed by atoms with van der Waals surface area (Å²) in [6.07, 6.45) is -4.80. The lowest BCUT2D eigenvalue weighted by molar-refractivity contribution is -0.139.